The van der Waals surface area contributed by atoms with Gasteiger partial charge in [0.2, 0.25) is 5.78 Å². The zero-order valence-electron chi connectivity index (χ0n) is 9.45. The molecule has 5 heteroatoms. The molecule has 0 aliphatic carbocycles. The maximum Gasteiger partial charge on any atom is 0.277 e. The number of nitrogens with zero attached hydrogens (tertiary/aromatic N) is 1. The molecule has 0 fully saturated rings. The number of carbonyl (C=O) groups is 1. The van der Waals surface area contributed by atoms with E-state index in [2.05, 4.69) is 21.0 Å². The number of rotatable bonds is 2. The molecule has 0 saturated carbocycles. The van der Waals surface area contributed by atoms with Gasteiger partial charge in [0, 0.05) is 22.8 Å². The Balaban J connectivity index is 2.60. The van der Waals surface area contributed by atoms with Crippen LogP contribution in [-0.4, -0.2) is 15.6 Å². The van der Waals surface area contributed by atoms with E-state index in [-0.39, 0.29) is 16.9 Å². The number of hydrogen-bond acceptors (Lipinski definition) is 2. The number of carbonyl (C=O) groups excluding carboxylic acids is 1. The Bertz CT molecular complexity index is 640. The normalized spacial score (nSPS) is 10.5. The van der Waals surface area contributed by atoms with E-state index in [1.807, 2.05) is 6.07 Å². The number of H-pyrrole nitrogens is 1. The Morgan fingerprint density at radius 2 is 2.00 bits per heavy atom. The summed E-state index contributed by atoms with van der Waals surface area (Å²) in [6.07, 6.45) is 0. The number of hydrogen-bond donors (Lipinski definition) is 1. The van der Waals surface area contributed by atoms with Crippen molar-refractivity contribution in [1.82, 2.24) is 9.78 Å². The molecule has 88 valence electrons. The first-order chi connectivity index (χ1) is 8.02. The van der Waals surface area contributed by atoms with Crippen molar-refractivity contribution in [2.45, 2.75) is 6.92 Å². The fourth-order valence-electron chi connectivity index (χ4n) is 1.73. The second-order valence-electron chi connectivity index (χ2n) is 3.78. The third-order valence-electron chi connectivity index (χ3n) is 2.57. The van der Waals surface area contributed by atoms with Gasteiger partial charge in [-0.15, -0.1) is 0 Å². The zero-order chi connectivity index (χ0) is 12.6. The predicted molar refractivity (Wildman–Crippen MR) is 68.3 cm³/mol. The molecule has 1 aromatic carbocycles. The highest BCUT2D eigenvalue weighted by Crippen LogP contribution is 2.19. The van der Waals surface area contributed by atoms with Crippen molar-refractivity contribution in [3.8, 4) is 0 Å². The highest BCUT2D eigenvalue weighted by molar-refractivity contribution is 9.10. The fourth-order valence-corrected chi connectivity index (χ4v) is 2.20. The van der Waals surface area contributed by atoms with E-state index in [4.69, 9.17) is 0 Å². The van der Waals surface area contributed by atoms with Crippen LogP contribution in [0.5, 0.6) is 0 Å². The van der Waals surface area contributed by atoms with E-state index >= 15 is 0 Å². The third-order valence-corrected chi connectivity index (χ3v) is 3.27. The zero-order valence-corrected chi connectivity index (χ0v) is 11.0. The monoisotopic (exact) mass is 294 g/mol. The minimum absolute atomic E-state index is 0.194. The molecule has 0 radical (unpaired) electrons. The van der Waals surface area contributed by atoms with Gasteiger partial charge in [-0.25, -0.2) is 0 Å². The number of aryl methyl sites for hydroxylation is 2. The van der Waals surface area contributed by atoms with Crippen LogP contribution in [0.3, 0.4) is 0 Å². The SMILES string of the molecule is Cc1[nH]n(C)c(=O)c1C(=O)c1ccccc1Br. The Morgan fingerprint density at radius 1 is 1.35 bits per heavy atom. The summed E-state index contributed by atoms with van der Waals surface area (Å²) in [7, 11) is 1.59. The van der Waals surface area contributed by atoms with Crippen LogP contribution in [-0.2, 0) is 7.05 Å². The van der Waals surface area contributed by atoms with Crippen LogP contribution in [0.25, 0.3) is 0 Å². The molecule has 0 unspecified atom stereocenters. The summed E-state index contributed by atoms with van der Waals surface area (Å²) in [5.74, 6) is -0.267. The number of aromatic amines is 1. The summed E-state index contributed by atoms with van der Waals surface area (Å²) >= 11 is 3.31. The molecular weight excluding hydrogens is 284 g/mol. The molecular formula is C12H11BrN2O2. The second kappa shape index (κ2) is 4.33. The molecule has 2 rings (SSSR count). The summed E-state index contributed by atoms with van der Waals surface area (Å²) < 4.78 is 1.99. The van der Waals surface area contributed by atoms with Crippen molar-refractivity contribution < 1.29 is 4.79 Å². The maximum absolute atomic E-state index is 12.3. The van der Waals surface area contributed by atoms with E-state index in [9.17, 15) is 9.59 Å². The molecule has 0 atom stereocenters. The summed E-state index contributed by atoms with van der Waals surface area (Å²) in [6.45, 7) is 1.71. The van der Waals surface area contributed by atoms with Crippen LogP contribution in [0.15, 0.2) is 33.5 Å². The smallest absolute Gasteiger partial charge is 0.277 e. The molecule has 0 bridgehead atoms. The van der Waals surface area contributed by atoms with E-state index in [0.29, 0.717) is 15.7 Å². The molecule has 1 aromatic heterocycles. The molecule has 0 amide bonds. The first-order valence-corrected chi connectivity index (χ1v) is 5.86. The van der Waals surface area contributed by atoms with Gasteiger partial charge in [-0.05, 0) is 19.1 Å². The van der Waals surface area contributed by atoms with E-state index in [1.54, 1.807) is 32.2 Å². The Hall–Kier alpha value is -1.62. The lowest BCUT2D eigenvalue weighted by molar-refractivity contribution is 0.103. The molecule has 0 spiro atoms. The fraction of sp³-hybridized carbons (Fsp3) is 0.167. The van der Waals surface area contributed by atoms with Gasteiger partial charge >= 0.3 is 0 Å². The minimum Gasteiger partial charge on any atom is -0.299 e. The highest BCUT2D eigenvalue weighted by atomic mass is 79.9. The van der Waals surface area contributed by atoms with Gasteiger partial charge in [-0.2, -0.15) is 0 Å². The quantitative estimate of drug-likeness (QED) is 0.862. The number of aromatic nitrogens is 2. The maximum atomic E-state index is 12.3. The van der Waals surface area contributed by atoms with Gasteiger partial charge in [-0.3, -0.25) is 19.4 Å². The Labute approximate surface area is 106 Å². The van der Waals surface area contributed by atoms with Gasteiger partial charge in [0.15, 0.2) is 0 Å². The van der Waals surface area contributed by atoms with Crippen LogP contribution in [0.4, 0.5) is 0 Å². The van der Waals surface area contributed by atoms with Crippen molar-refractivity contribution in [2.75, 3.05) is 0 Å². The topological polar surface area (TPSA) is 54.9 Å². The van der Waals surface area contributed by atoms with E-state index in [0.717, 1.165) is 0 Å². The summed E-state index contributed by atoms with van der Waals surface area (Å²) in [5.41, 5.74) is 0.966. The van der Waals surface area contributed by atoms with Crippen molar-refractivity contribution >= 4 is 21.7 Å². The van der Waals surface area contributed by atoms with Crippen LogP contribution < -0.4 is 5.56 Å². The average molecular weight is 295 g/mol. The average Bonchev–Trinajstić information content (AvgIpc) is 2.53. The lowest BCUT2D eigenvalue weighted by atomic mass is 10.0. The lowest BCUT2D eigenvalue weighted by Crippen LogP contribution is -2.19. The first kappa shape index (κ1) is 11.9. The lowest BCUT2D eigenvalue weighted by Gasteiger charge is -2.01. The van der Waals surface area contributed by atoms with Crippen LogP contribution in [0, 0.1) is 6.92 Å². The molecule has 4 nitrogen and oxygen atoms in total. The van der Waals surface area contributed by atoms with Crippen LogP contribution in [0.1, 0.15) is 21.6 Å². The van der Waals surface area contributed by atoms with Gasteiger partial charge < -0.3 is 0 Å². The Morgan fingerprint density at radius 3 is 2.53 bits per heavy atom. The minimum atomic E-state index is -0.303. The van der Waals surface area contributed by atoms with Gasteiger partial charge in [0.25, 0.3) is 5.56 Å². The van der Waals surface area contributed by atoms with Crippen LogP contribution >= 0.6 is 15.9 Å². The molecule has 17 heavy (non-hydrogen) atoms. The molecule has 0 aliphatic heterocycles. The molecule has 1 N–H and O–H groups in total. The first-order valence-electron chi connectivity index (χ1n) is 5.07. The number of benzene rings is 1. The predicted octanol–water partition coefficient (Wildman–Crippen LogP) is 2.02. The van der Waals surface area contributed by atoms with Crippen molar-refractivity contribution in [3.05, 3.63) is 55.9 Å². The van der Waals surface area contributed by atoms with Crippen molar-refractivity contribution in [1.29, 1.82) is 0 Å². The van der Waals surface area contributed by atoms with E-state index in [1.165, 1.54) is 4.68 Å². The second-order valence-corrected chi connectivity index (χ2v) is 4.64. The Kier molecular flexibility index (Phi) is 3.02. The van der Waals surface area contributed by atoms with E-state index < -0.39 is 0 Å². The van der Waals surface area contributed by atoms with Gasteiger partial charge in [-0.1, -0.05) is 28.1 Å². The van der Waals surface area contributed by atoms with Crippen molar-refractivity contribution in [3.63, 3.8) is 0 Å². The highest BCUT2D eigenvalue weighted by Gasteiger charge is 2.20. The van der Waals surface area contributed by atoms with Gasteiger partial charge in [0.05, 0.1) is 0 Å². The summed E-state index contributed by atoms with van der Waals surface area (Å²) in [4.78, 5) is 24.1. The standard InChI is InChI=1S/C12H11BrN2O2/c1-7-10(12(17)15(2)14-7)11(16)8-5-3-4-6-9(8)13/h3-6,14H,1-2H3. The molecule has 1 heterocycles. The summed E-state index contributed by atoms with van der Waals surface area (Å²) in [5, 5.41) is 2.81. The van der Waals surface area contributed by atoms with Crippen molar-refractivity contribution in [2.24, 2.45) is 7.05 Å². The van der Waals surface area contributed by atoms with Crippen LogP contribution in [0.2, 0.25) is 0 Å². The number of nitrogens with one attached hydrogen (secondary N) is 1. The third kappa shape index (κ3) is 1.98. The summed E-state index contributed by atoms with van der Waals surface area (Å²) in [6, 6.07) is 7.06. The molecule has 0 saturated heterocycles. The molecule has 0 aliphatic rings. The molecule has 2 aromatic rings. The van der Waals surface area contributed by atoms with Gasteiger partial charge in [0.1, 0.15) is 5.56 Å². The largest absolute Gasteiger partial charge is 0.299 e. The number of halogens is 1. The number of ketones is 1.